The molecule has 0 aromatic heterocycles. The Kier molecular flexibility index (Phi) is 5.30. The SMILES string of the molecule is CN1C(=O)C(=Cc2ccc(C(=O)NN3CCOCC3)cc2)SC1=S. The summed E-state index contributed by atoms with van der Waals surface area (Å²) in [6.07, 6.45) is 1.78. The van der Waals surface area contributed by atoms with Crippen LogP contribution in [0, 0.1) is 0 Å². The number of nitrogens with zero attached hydrogens (tertiary/aromatic N) is 2. The number of ether oxygens (including phenoxy) is 1. The lowest BCUT2D eigenvalue weighted by Crippen LogP contribution is -2.48. The van der Waals surface area contributed by atoms with Gasteiger partial charge in [-0.1, -0.05) is 36.1 Å². The first kappa shape index (κ1) is 17.1. The number of morpholine rings is 1. The largest absolute Gasteiger partial charge is 0.379 e. The molecule has 0 spiro atoms. The molecule has 2 fully saturated rings. The number of carbonyl (C=O) groups excluding carboxylic acids is 2. The Hall–Kier alpha value is -1.74. The second-order valence-electron chi connectivity index (χ2n) is 5.40. The number of thioether (sulfide) groups is 1. The van der Waals surface area contributed by atoms with Crippen LogP contribution in [0.5, 0.6) is 0 Å². The van der Waals surface area contributed by atoms with Gasteiger partial charge in [0.15, 0.2) is 0 Å². The van der Waals surface area contributed by atoms with Gasteiger partial charge in [-0.25, -0.2) is 5.01 Å². The molecule has 1 N–H and O–H groups in total. The van der Waals surface area contributed by atoms with Crippen LogP contribution in [-0.2, 0) is 9.53 Å². The van der Waals surface area contributed by atoms with E-state index in [2.05, 4.69) is 5.43 Å². The Bertz CT molecular complexity index is 697. The fourth-order valence-corrected chi connectivity index (χ4v) is 3.49. The van der Waals surface area contributed by atoms with E-state index in [-0.39, 0.29) is 11.8 Å². The quantitative estimate of drug-likeness (QED) is 0.649. The second-order valence-corrected chi connectivity index (χ2v) is 7.08. The van der Waals surface area contributed by atoms with Gasteiger partial charge < -0.3 is 4.74 Å². The molecule has 1 aromatic carbocycles. The molecule has 3 rings (SSSR count). The standard InChI is InChI=1S/C16H17N3O3S2/c1-18-15(21)13(24-16(18)23)10-11-2-4-12(5-3-11)14(20)17-19-6-8-22-9-7-19/h2-5,10H,6-9H2,1H3,(H,17,20). The van der Waals surface area contributed by atoms with Crippen LogP contribution in [0.25, 0.3) is 6.08 Å². The first-order valence-electron chi connectivity index (χ1n) is 7.50. The van der Waals surface area contributed by atoms with Crippen LogP contribution < -0.4 is 5.43 Å². The van der Waals surface area contributed by atoms with Crippen molar-refractivity contribution in [3.63, 3.8) is 0 Å². The molecule has 2 amide bonds. The predicted molar refractivity (Wildman–Crippen MR) is 97.2 cm³/mol. The Balaban J connectivity index is 1.66. The highest BCUT2D eigenvalue weighted by Gasteiger charge is 2.28. The molecule has 126 valence electrons. The number of hydrogen-bond acceptors (Lipinski definition) is 6. The minimum Gasteiger partial charge on any atom is -0.379 e. The number of thiocarbonyl (C=S) groups is 1. The Morgan fingerprint density at radius 3 is 2.54 bits per heavy atom. The van der Waals surface area contributed by atoms with E-state index in [9.17, 15) is 9.59 Å². The number of hydrazine groups is 1. The van der Waals surface area contributed by atoms with E-state index < -0.39 is 0 Å². The monoisotopic (exact) mass is 363 g/mol. The van der Waals surface area contributed by atoms with E-state index in [1.165, 1.54) is 16.7 Å². The Labute approximate surface area is 149 Å². The molecule has 2 aliphatic rings. The average Bonchev–Trinajstić information content (AvgIpc) is 2.83. The van der Waals surface area contributed by atoms with Crippen molar-refractivity contribution in [1.29, 1.82) is 0 Å². The lowest BCUT2D eigenvalue weighted by molar-refractivity contribution is -0.121. The molecule has 0 aliphatic carbocycles. The van der Waals surface area contributed by atoms with Crippen LogP contribution in [-0.4, -0.2) is 59.4 Å². The number of carbonyl (C=O) groups is 2. The van der Waals surface area contributed by atoms with Crippen molar-refractivity contribution in [2.24, 2.45) is 0 Å². The van der Waals surface area contributed by atoms with Crippen molar-refractivity contribution in [2.45, 2.75) is 0 Å². The normalized spacial score (nSPS) is 20.7. The van der Waals surface area contributed by atoms with Gasteiger partial charge in [-0.3, -0.25) is 19.9 Å². The van der Waals surface area contributed by atoms with Gasteiger partial charge in [-0.15, -0.1) is 0 Å². The van der Waals surface area contributed by atoms with Gasteiger partial charge >= 0.3 is 0 Å². The van der Waals surface area contributed by atoms with Gasteiger partial charge in [-0.05, 0) is 23.8 Å². The van der Waals surface area contributed by atoms with Crippen molar-refractivity contribution in [1.82, 2.24) is 15.3 Å². The summed E-state index contributed by atoms with van der Waals surface area (Å²) >= 11 is 6.39. The topological polar surface area (TPSA) is 61.9 Å². The molecule has 8 heteroatoms. The second kappa shape index (κ2) is 7.43. The summed E-state index contributed by atoms with van der Waals surface area (Å²) in [5.41, 5.74) is 4.29. The molecule has 2 aliphatic heterocycles. The summed E-state index contributed by atoms with van der Waals surface area (Å²) in [4.78, 5) is 26.2. The van der Waals surface area contributed by atoms with E-state index in [1.807, 2.05) is 17.1 Å². The maximum Gasteiger partial charge on any atom is 0.265 e. The fourth-order valence-electron chi connectivity index (χ4n) is 2.31. The molecule has 0 atom stereocenters. The molecule has 0 unspecified atom stereocenters. The summed E-state index contributed by atoms with van der Waals surface area (Å²) in [6, 6.07) is 7.12. The first-order chi connectivity index (χ1) is 11.5. The number of rotatable bonds is 3. The van der Waals surface area contributed by atoms with E-state index in [4.69, 9.17) is 17.0 Å². The van der Waals surface area contributed by atoms with Crippen molar-refractivity contribution in [3.8, 4) is 0 Å². The smallest absolute Gasteiger partial charge is 0.265 e. The molecular weight excluding hydrogens is 346 g/mol. The van der Waals surface area contributed by atoms with Gasteiger partial charge in [0, 0.05) is 25.7 Å². The van der Waals surface area contributed by atoms with Crippen LogP contribution >= 0.6 is 24.0 Å². The molecule has 6 nitrogen and oxygen atoms in total. The van der Waals surface area contributed by atoms with Crippen LogP contribution in [0.1, 0.15) is 15.9 Å². The van der Waals surface area contributed by atoms with Gasteiger partial charge in [0.25, 0.3) is 11.8 Å². The summed E-state index contributed by atoms with van der Waals surface area (Å²) in [6.45, 7) is 2.61. The van der Waals surface area contributed by atoms with Gasteiger partial charge in [-0.2, -0.15) is 0 Å². The van der Waals surface area contributed by atoms with E-state index in [1.54, 1.807) is 25.3 Å². The lowest BCUT2D eigenvalue weighted by atomic mass is 10.1. The summed E-state index contributed by atoms with van der Waals surface area (Å²) in [5.74, 6) is -0.248. The predicted octanol–water partition coefficient (Wildman–Crippen LogP) is 1.49. The molecule has 1 aromatic rings. The number of hydrogen-bond donors (Lipinski definition) is 1. The van der Waals surface area contributed by atoms with Crippen LogP contribution in [0.3, 0.4) is 0 Å². The molecular formula is C16H17N3O3S2. The number of nitrogens with one attached hydrogen (secondary N) is 1. The van der Waals surface area contributed by atoms with Crippen LogP contribution in [0.2, 0.25) is 0 Å². The van der Waals surface area contributed by atoms with Gasteiger partial charge in [0.1, 0.15) is 4.32 Å². The maximum absolute atomic E-state index is 12.2. The third kappa shape index (κ3) is 3.84. The maximum atomic E-state index is 12.2. The summed E-state index contributed by atoms with van der Waals surface area (Å²) in [5, 5.41) is 1.85. The fraction of sp³-hybridized carbons (Fsp3) is 0.312. The third-order valence-electron chi connectivity index (χ3n) is 3.73. The van der Waals surface area contributed by atoms with Gasteiger partial charge in [0.2, 0.25) is 0 Å². The van der Waals surface area contributed by atoms with Crippen molar-refractivity contribution >= 4 is 46.2 Å². The van der Waals surface area contributed by atoms with Crippen molar-refractivity contribution in [3.05, 3.63) is 40.3 Å². The highest BCUT2D eigenvalue weighted by Crippen LogP contribution is 2.31. The van der Waals surface area contributed by atoms with Crippen molar-refractivity contribution < 1.29 is 14.3 Å². The highest BCUT2D eigenvalue weighted by molar-refractivity contribution is 8.26. The number of amides is 2. The number of benzene rings is 1. The molecule has 24 heavy (non-hydrogen) atoms. The zero-order valence-electron chi connectivity index (χ0n) is 13.2. The lowest BCUT2D eigenvalue weighted by Gasteiger charge is -2.26. The minimum absolute atomic E-state index is 0.0980. The van der Waals surface area contributed by atoms with Crippen LogP contribution in [0.15, 0.2) is 29.2 Å². The van der Waals surface area contributed by atoms with Crippen molar-refractivity contribution in [2.75, 3.05) is 33.4 Å². The summed E-state index contributed by atoms with van der Waals surface area (Å²) in [7, 11) is 1.66. The van der Waals surface area contributed by atoms with E-state index in [0.717, 1.165) is 5.56 Å². The summed E-state index contributed by atoms with van der Waals surface area (Å²) < 4.78 is 5.80. The average molecular weight is 363 g/mol. The molecule has 0 bridgehead atoms. The first-order valence-corrected chi connectivity index (χ1v) is 8.72. The molecule has 2 heterocycles. The van der Waals surface area contributed by atoms with Crippen LogP contribution in [0.4, 0.5) is 0 Å². The molecule has 0 saturated carbocycles. The third-order valence-corrected chi connectivity index (χ3v) is 5.21. The Morgan fingerprint density at radius 1 is 1.29 bits per heavy atom. The van der Waals surface area contributed by atoms with E-state index >= 15 is 0 Å². The minimum atomic E-state index is -0.150. The number of likely N-dealkylation sites (N-methyl/N-ethyl adjacent to an activating group) is 1. The molecule has 2 saturated heterocycles. The zero-order chi connectivity index (χ0) is 17.1. The molecule has 0 radical (unpaired) electrons. The Morgan fingerprint density at radius 2 is 1.96 bits per heavy atom. The van der Waals surface area contributed by atoms with E-state index in [0.29, 0.717) is 41.1 Å². The van der Waals surface area contributed by atoms with Gasteiger partial charge in [0.05, 0.1) is 18.1 Å². The highest BCUT2D eigenvalue weighted by atomic mass is 32.2. The zero-order valence-corrected chi connectivity index (χ0v) is 14.8.